The van der Waals surface area contributed by atoms with Crippen LogP contribution in [-0.2, 0) is 6.54 Å². The summed E-state index contributed by atoms with van der Waals surface area (Å²) in [5, 5.41) is 7.31. The highest BCUT2D eigenvalue weighted by Crippen LogP contribution is 2.31. The van der Waals surface area contributed by atoms with E-state index in [2.05, 4.69) is 10.5 Å². The van der Waals surface area contributed by atoms with Gasteiger partial charge in [0.05, 0.1) is 17.8 Å². The number of benzene rings is 2. The summed E-state index contributed by atoms with van der Waals surface area (Å²) in [6, 6.07) is 14.7. The Bertz CT molecular complexity index is 888. The fraction of sp³-hybridized carbons (Fsp3) is 0.158. The molecule has 1 amide bonds. The lowest BCUT2D eigenvalue weighted by Crippen LogP contribution is -2.23. The minimum atomic E-state index is -0.260. The van der Waals surface area contributed by atoms with E-state index >= 15 is 0 Å². The molecule has 0 aliphatic rings. The summed E-state index contributed by atoms with van der Waals surface area (Å²) in [5.74, 6) is 0.880. The Balaban J connectivity index is 1.80. The largest absolute Gasteiger partial charge is 0.497 e. The molecule has 0 radical (unpaired) electrons. The molecule has 25 heavy (non-hydrogen) atoms. The number of nitrogens with zero attached hydrogens (tertiary/aromatic N) is 1. The van der Waals surface area contributed by atoms with Gasteiger partial charge in [-0.05, 0) is 36.8 Å². The highest BCUT2D eigenvalue weighted by Gasteiger charge is 2.23. The number of ether oxygens (including phenoxy) is 1. The minimum absolute atomic E-state index is 0.260. The van der Waals surface area contributed by atoms with Crippen LogP contribution in [0.15, 0.2) is 53.1 Å². The van der Waals surface area contributed by atoms with Crippen molar-refractivity contribution >= 4 is 17.5 Å². The van der Waals surface area contributed by atoms with Crippen molar-refractivity contribution in [2.45, 2.75) is 13.5 Å². The third-order valence-electron chi connectivity index (χ3n) is 3.82. The topological polar surface area (TPSA) is 64.4 Å². The van der Waals surface area contributed by atoms with Crippen molar-refractivity contribution in [3.05, 3.63) is 70.4 Å². The molecule has 3 aromatic rings. The lowest BCUT2D eigenvalue weighted by molar-refractivity contribution is 0.0950. The first-order valence-corrected chi connectivity index (χ1v) is 8.10. The van der Waals surface area contributed by atoms with E-state index in [0.717, 1.165) is 11.3 Å². The molecule has 0 aliphatic heterocycles. The molecule has 0 spiro atoms. The molecule has 0 fully saturated rings. The van der Waals surface area contributed by atoms with Crippen molar-refractivity contribution in [3.8, 4) is 17.1 Å². The predicted octanol–water partition coefficient (Wildman–Crippen LogP) is 4.24. The molecule has 0 saturated heterocycles. The average molecular weight is 357 g/mol. The smallest absolute Gasteiger partial charge is 0.257 e. The number of hydrogen-bond acceptors (Lipinski definition) is 4. The first kappa shape index (κ1) is 17.0. The highest BCUT2D eigenvalue weighted by molar-refractivity contribution is 6.33. The van der Waals surface area contributed by atoms with Gasteiger partial charge in [0.25, 0.3) is 5.91 Å². The Labute approximate surface area is 150 Å². The van der Waals surface area contributed by atoms with Crippen molar-refractivity contribution in [1.29, 1.82) is 0 Å². The fourth-order valence-corrected chi connectivity index (χ4v) is 2.70. The van der Waals surface area contributed by atoms with Crippen LogP contribution in [0, 0.1) is 6.92 Å². The van der Waals surface area contributed by atoms with Gasteiger partial charge in [-0.3, -0.25) is 4.79 Å². The van der Waals surface area contributed by atoms with Crippen LogP contribution in [0.2, 0.25) is 5.02 Å². The molecule has 0 atom stereocenters. The molecule has 0 saturated carbocycles. The van der Waals surface area contributed by atoms with Gasteiger partial charge in [-0.2, -0.15) is 0 Å². The number of methoxy groups -OCH3 is 1. The van der Waals surface area contributed by atoms with Crippen molar-refractivity contribution < 1.29 is 14.1 Å². The average Bonchev–Trinajstić information content (AvgIpc) is 3.02. The van der Waals surface area contributed by atoms with Gasteiger partial charge in [-0.25, -0.2) is 0 Å². The van der Waals surface area contributed by atoms with Gasteiger partial charge in [0.2, 0.25) is 0 Å². The molecule has 5 nitrogen and oxygen atoms in total. The molecule has 128 valence electrons. The van der Waals surface area contributed by atoms with Gasteiger partial charge < -0.3 is 14.6 Å². The lowest BCUT2D eigenvalue weighted by atomic mass is 10.1. The van der Waals surface area contributed by atoms with Crippen LogP contribution in [0.5, 0.6) is 5.75 Å². The normalized spacial score (nSPS) is 10.5. The monoisotopic (exact) mass is 356 g/mol. The lowest BCUT2D eigenvalue weighted by Gasteiger charge is -2.07. The quantitative estimate of drug-likeness (QED) is 0.742. The van der Waals surface area contributed by atoms with Crippen molar-refractivity contribution in [2.75, 3.05) is 7.11 Å². The zero-order chi connectivity index (χ0) is 17.8. The van der Waals surface area contributed by atoms with Crippen LogP contribution in [0.4, 0.5) is 0 Å². The predicted molar refractivity (Wildman–Crippen MR) is 95.9 cm³/mol. The molecule has 0 aliphatic carbocycles. The number of hydrogen-bond donors (Lipinski definition) is 1. The fourth-order valence-electron chi connectivity index (χ4n) is 2.48. The number of aryl methyl sites for hydroxylation is 1. The van der Waals surface area contributed by atoms with E-state index in [9.17, 15) is 4.79 Å². The first-order valence-electron chi connectivity index (χ1n) is 7.72. The zero-order valence-electron chi connectivity index (χ0n) is 13.9. The van der Waals surface area contributed by atoms with Crippen molar-refractivity contribution in [1.82, 2.24) is 10.5 Å². The van der Waals surface area contributed by atoms with Crippen LogP contribution in [-0.4, -0.2) is 18.2 Å². The van der Waals surface area contributed by atoms with Crippen molar-refractivity contribution in [3.63, 3.8) is 0 Å². The van der Waals surface area contributed by atoms with Crippen LogP contribution >= 0.6 is 11.6 Å². The SMILES string of the molecule is COc1ccc(CNC(=O)c2c(C)noc2-c2ccccc2Cl)cc1. The summed E-state index contributed by atoms with van der Waals surface area (Å²) in [7, 11) is 1.61. The van der Waals surface area contributed by atoms with E-state index in [1.165, 1.54) is 0 Å². The van der Waals surface area contributed by atoms with Crippen LogP contribution in [0.3, 0.4) is 0 Å². The number of carbonyl (C=O) groups excluding carboxylic acids is 1. The summed E-state index contributed by atoms with van der Waals surface area (Å²) < 4.78 is 10.5. The van der Waals surface area contributed by atoms with Gasteiger partial charge in [-0.1, -0.05) is 41.0 Å². The van der Waals surface area contributed by atoms with E-state index in [1.807, 2.05) is 36.4 Å². The molecule has 1 N–H and O–H groups in total. The van der Waals surface area contributed by atoms with E-state index in [-0.39, 0.29) is 5.91 Å². The van der Waals surface area contributed by atoms with E-state index in [1.54, 1.807) is 26.2 Å². The third kappa shape index (κ3) is 3.67. The van der Waals surface area contributed by atoms with Gasteiger partial charge in [-0.15, -0.1) is 0 Å². The maximum atomic E-state index is 12.6. The van der Waals surface area contributed by atoms with E-state index in [0.29, 0.717) is 34.1 Å². The van der Waals surface area contributed by atoms with Crippen LogP contribution < -0.4 is 10.1 Å². The van der Waals surface area contributed by atoms with Gasteiger partial charge in [0.15, 0.2) is 5.76 Å². The van der Waals surface area contributed by atoms with Gasteiger partial charge in [0.1, 0.15) is 11.3 Å². The number of rotatable bonds is 5. The van der Waals surface area contributed by atoms with Crippen LogP contribution in [0.1, 0.15) is 21.6 Å². The van der Waals surface area contributed by atoms with Gasteiger partial charge >= 0.3 is 0 Å². The highest BCUT2D eigenvalue weighted by atomic mass is 35.5. The summed E-state index contributed by atoms with van der Waals surface area (Å²) in [4.78, 5) is 12.6. The Morgan fingerprint density at radius 3 is 2.60 bits per heavy atom. The molecule has 1 aromatic heterocycles. The molecule has 2 aromatic carbocycles. The number of amides is 1. The standard InChI is InChI=1S/C19H17ClN2O3/c1-12-17(18(25-22-12)15-5-3-4-6-16(15)20)19(23)21-11-13-7-9-14(24-2)10-8-13/h3-10H,11H2,1-2H3,(H,21,23). The maximum absolute atomic E-state index is 12.6. The maximum Gasteiger partial charge on any atom is 0.257 e. The van der Waals surface area contributed by atoms with Crippen LogP contribution in [0.25, 0.3) is 11.3 Å². The number of halogens is 1. The van der Waals surface area contributed by atoms with Gasteiger partial charge in [0, 0.05) is 12.1 Å². The molecular formula is C19H17ClN2O3. The molecule has 6 heteroatoms. The summed E-state index contributed by atoms with van der Waals surface area (Å²) >= 11 is 6.21. The molecule has 3 rings (SSSR count). The number of carbonyl (C=O) groups is 1. The minimum Gasteiger partial charge on any atom is -0.497 e. The Hall–Kier alpha value is -2.79. The van der Waals surface area contributed by atoms with E-state index in [4.69, 9.17) is 20.9 Å². The van der Waals surface area contributed by atoms with E-state index < -0.39 is 0 Å². The summed E-state index contributed by atoms with van der Waals surface area (Å²) in [6.45, 7) is 2.11. The molecule has 0 unspecified atom stereocenters. The Morgan fingerprint density at radius 1 is 1.20 bits per heavy atom. The zero-order valence-corrected chi connectivity index (χ0v) is 14.6. The summed E-state index contributed by atoms with van der Waals surface area (Å²) in [6.07, 6.45) is 0. The summed E-state index contributed by atoms with van der Waals surface area (Å²) in [5.41, 5.74) is 2.51. The second-order valence-electron chi connectivity index (χ2n) is 5.48. The second kappa shape index (κ2) is 7.40. The number of aromatic nitrogens is 1. The first-order chi connectivity index (χ1) is 12.1. The second-order valence-corrected chi connectivity index (χ2v) is 5.89. The number of nitrogens with one attached hydrogen (secondary N) is 1. The third-order valence-corrected chi connectivity index (χ3v) is 4.15. The van der Waals surface area contributed by atoms with Crippen molar-refractivity contribution in [2.24, 2.45) is 0 Å². The molecule has 0 bridgehead atoms. The molecule has 1 heterocycles. The Kier molecular flexibility index (Phi) is 5.05. The Morgan fingerprint density at radius 2 is 1.92 bits per heavy atom. The molecular weight excluding hydrogens is 340 g/mol.